The average molecular weight is 248 g/mol. The van der Waals surface area contributed by atoms with Crippen molar-refractivity contribution in [2.75, 3.05) is 6.54 Å². The Hall–Kier alpha value is -1.36. The maximum Gasteiger partial charge on any atom is 0.271 e. The van der Waals surface area contributed by atoms with E-state index in [9.17, 15) is 4.79 Å². The lowest BCUT2D eigenvalue weighted by Gasteiger charge is -2.48. The largest absolute Gasteiger partial charge is 0.348 e. The molecule has 1 saturated heterocycles. The summed E-state index contributed by atoms with van der Waals surface area (Å²) in [5.41, 5.74) is 1.73. The van der Waals surface area contributed by atoms with Crippen LogP contribution in [0.25, 0.3) is 0 Å². The third kappa shape index (κ3) is 2.14. The first-order valence-corrected chi connectivity index (χ1v) is 6.75. The molecule has 3 rings (SSSR count). The van der Waals surface area contributed by atoms with Crippen molar-refractivity contribution in [1.29, 1.82) is 0 Å². The van der Waals surface area contributed by atoms with E-state index in [1.165, 1.54) is 19.3 Å². The number of aromatic nitrogens is 2. The zero-order chi connectivity index (χ0) is 12.6. The molecule has 2 fully saturated rings. The van der Waals surface area contributed by atoms with Crippen LogP contribution >= 0.6 is 0 Å². The molecule has 1 unspecified atom stereocenters. The molecule has 0 aromatic carbocycles. The number of nitrogens with one attached hydrogen (secondary N) is 3. The number of nitrogens with zero attached hydrogens (tertiary/aromatic N) is 1. The predicted octanol–water partition coefficient (Wildman–Crippen LogP) is 1.12. The van der Waals surface area contributed by atoms with Crippen LogP contribution < -0.4 is 10.6 Å². The lowest BCUT2D eigenvalue weighted by atomic mass is 9.70. The van der Waals surface area contributed by atoms with Crippen LogP contribution in [0.15, 0.2) is 6.07 Å². The minimum Gasteiger partial charge on any atom is -0.348 e. The van der Waals surface area contributed by atoms with Gasteiger partial charge in [-0.2, -0.15) is 5.10 Å². The molecule has 0 bridgehead atoms. The number of aromatic amines is 1. The van der Waals surface area contributed by atoms with Gasteiger partial charge in [0, 0.05) is 17.3 Å². The molecule has 2 aliphatic rings. The first-order valence-electron chi connectivity index (χ1n) is 6.75. The van der Waals surface area contributed by atoms with Gasteiger partial charge in [0.1, 0.15) is 5.69 Å². The van der Waals surface area contributed by atoms with Gasteiger partial charge in [0.2, 0.25) is 0 Å². The summed E-state index contributed by atoms with van der Waals surface area (Å²) in [5, 5.41) is 13.5. The number of hydrogen-bond donors (Lipinski definition) is 3. The van der Waals surface area contributed by atoms with Crippen LogP contribution in [0.1, 0.15) is 48.3 Å². The Labute approximate surface area is 107 Å². The minimum atomic E-state index is -0.0549. The van der Waals surface area contributed by atoms with Crippen molar-refractivity contribution in [2.45, 2.75) is 50.6 Å². The maximum absolute atomic E-state index is 12.0. The van der Waals surface area contributed by atoms with Gasteiger partial charge in [0.25, 0.3) is 5.91 Å². The first kappa shape index (κ1) is 11.7. The molecule has 5 heteroatoms. The molecule has 98 valence electrons. The monoisotopic (exact) mass is 248 g/mol. The summed E-state index contributed by atoms with van der Waals surface area (Å²) >= 11 is 0. The lowest BCUT2D eigenvalue weighted by molar-refractivity contribution is 0.0848. The number of amides is 1. The van der Waals surface area contributed by atoms with Crippen LogP contribution in [0.2, 0.25) is 0 Å². The maximum atomic E-state index is 12.0. The second kappa shape index (κ2) is 4.39. The summed E-state index contributed by atoms with van der Waals surface area (Å²) in [4.78, 5) is 12.0. The summed E-state index contributed by atoms with van der Waals surface area (Å²) in [6.45, 7) is 2.90. The highest BCUT2D eigenvalue weighted by atomic mass is 16.2. The molecule has 3 N–H and O–H groups in total. The van der Waals surface area contributed by atoms with Crippen LogP contribution in [0.4, 0.5) is 0 Å². The number of H-pyrrole nitrogens is 1. The standard InChI is InChI=1S/C13H20N4O/c1-9-7-11(17-16-9)12(18)15-10-3-6-14-13(8-10)4-2-5-13/h7,10,14H,2-6,8H2,1H3,(H,15,18)(H,16,17). The Bertz CT molecular complexity index is 450. The second-order valence-corrected chi connectivity index (χ2v) is 5.66. The molecule has 1 saturated carbocycles. The Morgan fingerprint density at radius 1 is 1.56 bits per heavy atom. The van der Waals surface area contributed by atoms with Crippen molar-refractivity contribution >= 4 is 5.91 Å². The lowest BCUT2D eigenvalue weighted by Crippen LogP contribution is -2.59. The molecule has 1 spiro atoms. The van der Waals surface area contributed by atoms with Crippen molar-refractivity contribution < 1.29 is 4.79 Å². The molecule has 1 aliphatic carbocycles. The van der Waals surface area contributed by atoms with Crippen molar-refractivity contribution in [3.8, 4) is 0 Å². The van der Waals surface area contributed by atoms with Gasteiger partial charge >= 0.3 is 0 Å². The van der Waals surface area contributed by atoms with Crippen molar-refractivity contribution in [3.05, 3.63) is 17.5 Å². The van der Waals surface area contributed by atoms with Gasteiger partial charge in [-0.3, -0.25) is 9.89 Å². The zero-order valence-corrected chi connectivity index (χ0v) is 10.8. The van der Waals surface area contributed by atoms with Gasteiger partial charge in [-0.25, -0.2) is 0 Å². The van der Waals surface area contributed by atoms with Gasteiger partial charge in [-0.1, -0.05) is 0 Å². The third-order valence-electron chi connectivity index (χ3n) is 4.21. The number of rotatable bonds is 2. The van der Waals surface area contributed by atoms with E-state index in [1.54, 1.807) is 6.07 Å². The van der Waals surface area contributed by atoms with Gasteiger partial charge in [-0.15, -0.1) is 0 Å². The summed E-state index contributed by atoms with van der Waals surface area (Å²) in [7, 11) is 0. The quantitative estimate of drug-likeness (QED) is 0.734. The smallest absolute Gasteiger partial charge is 0.271 e. The normalized spacial score (nSPS) is 25.7. The molecule has 5 nitrogen and oxygen atoms in total. The number of carbonyl (C=O) groups is 1. The number of piperidine rings is 1. The molecule has 18 heavy (non-hydrogen) atoms. The van der Waals surface area contributed by atoms with E-state index in [4.69, 9.17) is 0 Å². The van der Waals surface area contributed by atoms with E-state index in [0.717, 1.165) is 25.1 Å². The fourth-order valence-corrected chi connectivity index (χ4v) is 3.06. The number of hydrogen-bond acceptors (Lipinski definition) is 3. The fourth-order valence-electron chi connectivity index (χ4n) is 3.06. The minimum absolute atomic E-state index is 0.0549. The Morgan fingerprint density at radius 2 is 2.39 bits per heavy atom. The van der Waals surface area contributed by atoms with E-state index in [0.29, 0.717) is 11.2 Å². The summed E-state index contributed by atoms with van der Waals surface area (Å²) in [6.07, 6.45) is 5.88. The van der Waals surface area contributed by atoms with Crippen LogP contribution in [-0.4, -0.2) is 34.2 Å². The molecular weight excluding hydrogens is 228 g/mol. The Kier molecular flexibility index (Phi) is 2.86. The van der Waals surface area contributed by atoms with E-state index in [-0.39, 0.29) is 11.9 Å². The first-order chi connectivity index (χ1) is 8.67. The highest BCUT2D eigenvalue weighted by molar-refractivity contribution is 5.92. The zero-order valence-electron chi connectivity index (χ0n) is 10.8. The van der Waals surface area contributed by atoms with Gasteiger partial charge in [0.05, 0.1) is 0 Å². The van der Waals surface area contributed by atoms with Crippen LogP contribution in [0, 0.1) is 6.92 Å². The van der Waals surface area contributed by atoms with Crippen LogP contribution in [0.3, 0.4) is 0 Å². The van der Waals surface area contributed by atoms with Crippen molar-refractivity contribution in [2.24, 2.45) is 0 Å². The molecule has 1 aromatic heterocycles. The Balaban J connectivity index is 1.60. The van der Waals surface area contributed by atoms with Gasteiger partial charge < -0.3 is 10.6 Å². The molecular formula is C13H20N4O. The molecule has 1 aromatic rings. The van der Waals surface area contributed by atoms with E-state index in [2.05, 4.69) is 20.8 Å². The molecule has 1 amide bonds. The average Bonchev–Trinajstić information content (AvgIpc) is 2.74. The fraction of sp³-hybridized carbons (Fsp3) is 0.692. The second-order valence-electron chi connectivity index (χ2n) is 5.66. The van der Waals surface area contributed by atoms with E-state index in [1.807, 2.05) is 6.92 Å². The van der Waals surface area contributed by atoms with Crippen LogP contribution in [-0.2, 0) is 0 Å². The molecule has 2 heterocycles. The Morgan fingerprint density at radius 3 is 3.00 bits per heavy atom. The number of aryl methyl sites for hydroxylation is 1. The number of carbonyl (C=O) groups excluding carboxylic acids is 1. The molecule has 1 aliphatic heterocycles. The topological polar surface area (TPSA) is 69.8 Å². The van der Waals surface area contributed by atoms with Crippen molar-refractivity contribution in [3.63, 3.8) is 0 Å². The predicted molar refractivity (Wildman–Crippen MR) is 68.4 cm³/mol. The van der Waals surface area contributed by atoms with E-state index < -0.39 is 0 Å². The third-order valence-corrected chi connectivity index (χ3v) is 4.21. The summed E-state index contributed by atoms with van der Waals surface area (Å²) in [6, 6.07) is 2.08. The van der Waals surface area contributed by atoms with Crippen LogP contribution in [0.5, 0.6) is 0 Å². The van der Waals surface area contributed by atoms with Crippen molar-refractivity contribution in [1.82, 2.24) is 20.8 Å². The molecule has 1 atom stereocenters. The highest BCUT2D eigenvalue weighted by Gasteiger charge is 2.41. The SMILES string of the molecule is Cc1cc(C(=O)NC2CCNC3(CCC3)C2)n[nH]1. The summed E-state index contributed by atoms with van der Waals surface area (Å²) in [5.74, 6) is -0.0549. The summed E-state index contributed by atoms with van der Waals surface area (Å²) < 4.78 is 0. The highest BCUT2D eigenvalue weighted by Crippen LogP contribution is 2.38. The van der Waals surface area contributed by atoms with Gasteiger partial charge in [0.15, 0.2) is 0 Å². The van der Waals surface area contributed by atoms with Gasteiger partial charge in [-0.05, 0) is 51.6 Å². The molecule has 0 radical (unpaired) electrons. The van der Waals surface area contributed by atoms with E-state index >= 15 is 0 Å².